The number of rotatable bonds is 2. The Morgan fingerprint density at radius 2 is 1.18 bits per heavy atom. The smallest absolute Gasteiger partial charge is 0.144 e. The molecule has 0 spiro atoms. The van der Waals surface area contributed by atoms with Gasteiger partial charge in [-0.3, -0.25) is 0 Å². The molecule has 0 amide bonds. The van der Waals surface area contributed by atoms with Gasteiger partial charge in [0.15, 0.2) is 0 Å². The third-order valence-corrected chi connectivity index (χ3v) is 7.23. The van der Waals surface area contributed by atoms with Gasteiger partial charge in [0.05, 0.1) is 26.8 Å². The van der Waals surface area contributed by atoms with Crippen LogP contribution in [-0.4, -0.2) is 0 Å². The number of benzene rings is 7. The lowest BCUT2D eigenvalue weighted by Gasteiger charge is -2.18. The zero-order valence-corrected chi connectivity index (χ0v) is 20.4. The van der Waals surface area contributed by atoms with Crippen LogP contribution in [0.2, 0.25) is 0 Å². The number of hydrogen-bond acceptors (Lipinski definition) is 2. The molecule has 0 atom stereocenters. The first-order valence-electron chi connectivity index (χ1n) is 19.9. The molecule has 0 radical (unpaired) electrons. The third kappa shape index (κ3) is 2.93. The third-order valence-electron chi connectivity index (χ3n) is 7.23. The Hall–Kier alpha value is -5.34. The van der Waals surface area contributed by atoms with Crippen LogP contribution in [0.3, 0.4) is 0 Å². The minimum atomic E-state index is -0.755. The van der Waals surface area contributed by atoms with E-state index in [9.17, 15) is 8.22 Å². The number of para-hydroxylation sites is 1. The molecule has 9 rings (SSSR count). The van der Waals surface area contributed by atoms with E-state index in [-0.39, 0.29) is 38.3 Å². The summed E-state index contributed by atoms with van der Waals surface area (Å²) in [6.07, 6.45) is 1.41. The van der Waals surface area contributed by atoms with Crippen molar-refractivity contribution >= 4 is 65.2 Å². The molecule has 2 nitrogen and oxygen atoms in total. The molecule has 0 bridgehead atoms. The maximum absolute atomic E-state index is 9.42. The van der Waals surface area contributed by atoms with E-state index in [1.54, 1.807) is 30.3 Å². The van der Waals surface area contributed by atoms with Gasteiger partial charge in [-0.1, -0.05) is 103 Å². The Labute approximate surface area is 250 Å². The Balaban J connectivity index is 1.66. The van der Waals surface area contributed by atoms with Gasteiger partial charge in [0.25, 0.3) is 0 Å². The molecule has 2 heterocycles. The molecule has 2 aromatic heterocycles. The fraction of sp³-hybridized carbons (Fsp3) is 0. The second-order valence-electron chi connectivity index (χ2n) is 9.31. The first-order valence-corrected chi connectivity index (χ1v) is 12.4. The Morgan fingerprint density at radius 3 is 1.95 bits per heavy atom. The van der Waals surface area contributed by atoms with Crippen LogP contribution in [0.25, 0.3) is 87.5 Å². The van der Waals surface area contributed by atoms with Gasteiger partial charge < -0.3 is 8.83 Å². The highest BCUT2D eigenvalue weighted by molar-refractivity contribution is 6.28. The van der Waals surface area contributed by atoms with Crippen molar-refractivity contribution in [3.8, 4) is 22.3 Å². The molecule has 9 aromatic rings. The minimum Gasteiger partial charge on any atom is -0.464 e. The van der Waals surface area contributed by atoms with Crippen LogP contribution in [0.5, 0.6) is 0 Å². The molecule has 0 fully saturated rings. The van der Waals surface area contributed by atoms with Crippen molar-refractivity contribution < 1.29 is 29.4 Å². The minimum absolute atomic E-state index is 0.0596. The maximum Gasteiger partial charge on any atom is 0.144 e. The summed E-state index contributed by atoms with van der Waals surface area (Å²) in [5.74, 6) is 0. The molecule has 0 saturated heterocycles. The van der Waals surface area contributed by atoms with Crippen molar-refractivity contribution in [2.24, 2.45) is 0 Å². The molecule has 0 unspecified atom stereocenters. The van der Waals surface area contributed by atoms with Gasteiger partial charge in [-0.05, 0) is 67.7 Å². The summed E-state index contributed by atoms with van der Waals surface area (Å²) in [5.41, 5.74) is 0.242. The molecule has 0 aliphatic heterocycles. The molecule has 0 aliphatic rings. The highest BCUT2D eigenvalue weighted by atomic mass is 16.3. The molecule has 186 valence electrons. The van der Waals surface area contributed by atoms with E-state index in [1.807, 2.05) is 6.07 Å². The van der Waals surface area contributed by atoms with E-state index < -0.39 is 113 Å². The summed E-state index contributed by atoms with van der Waals surface area (Å²) in [6.45, 7) is 0. The summed E-state index contributed by atoms with van der Waals surface area (Å²) in [6, 6.07) is 0.130. The average molecular weight is 526 g/mol. The highest BCUT2D eigenvalue weighted by Gasteiger charge is 2.23. The van der Waals surface area contributed by atoms with Crippen molar-refractivity contribution in [3.05, 3.63) is 133 Å². The molecular weight excluding hydrogens is 488 g/mol. The quantitative estimate of drug-likeness (QED) is 0.210. The molecular formula is C38H22O2. The van der Waals surface area contributed by atoms with Crippen LogP contribution in [0.4, 0.5) is 0 Å². The van der Waals surface area contributed by atoms with Gasteiger partial charge in [0.2, 0.25) is 0 Å². The maximum atomic E-state index is 9.42. The van der Waals surface area contributed by atoms with Crippen LogP contribution in [0, 0.1) is 0 Å². The Bertz CT molecular complexity index is 3190. The van der Waals surface area contributed by atoms with E-state index in [4.69, 9.17) is 21.2 Å². The average Bonchev–Trinajstić information content (AvgIpc) is 3.80. The number of fused-ring (bicyclic) bond motifs is 7. The summed E-state index contributed by atoms with van der Waals surface area (Å²) in [5, 5.41) is -0.423. The molecule has 40 heavy (non-hydrogen) atoms. The van der Waals surface area contributed by atoms with Crippen LogP contribution in [0.1, 0.15) is 20.6 Å². The molecule has 7 aromatic carbocycles. The van der Waals surface area contributed by atoms with Gasteiger partial charge in [-0.2, -0.15) is 0 Å². The van der Waals surface area contributed by atoms with Gasteiger partial charge in [-0.15, -0.1) is 0 Å². The zero-order valence-electron chi connectivity index (χ0n) is 35.4. The lowest BCUT2D eigenvalue weighted by atomic mass is 9.84. The van der Waals surface area contributed by atoms with Crippen molar-refractivity contribution in [2.75, 3.05) is 0 Å². The van der Waals surface area contributed by atoms with E-state index in [2.05, 4.69) is 0 Å². The fourth-order valence-electron chi connectivity index (χ4n) is 5.57. The van der Waals surface area contributed by atoms with Crippen LogP contribution >= 0.6 is 0 Å². The van der Waals surface area contributed by atoms with Crippen molar-refractivity contribution in [1.82, 2.24) is 0 Å². The van der Waals surface area contributed by atoms with Crippen LogP contribution in [-0.2, 0) is 0 Å². The molecule has 0 saturated carbocycles. The van der Waals surface area contributed by atoms with Crippen molar-refractivity contribution in [2.45, 2.75) is 0 Å². The van der Waals surface area contributed by atoms with E-state index in [0.29, 0.717) is 27.3 Å². The Morgan fingerprint density at radius 1 is 0.500 bits per heavy atom. The largest absolute Gasteiger partial charge is 0.464 e. The molecule has 0 aliphatic carbocycles. The monoisotopic (exact) mass is 525 g/mol. The summed E-state index contributed by atoms with van der Waals surface area (Å²) in [4.78, 5) is 0. The second-order valence-corrected chi connectivity index (χ2v) is 9.31. The normalized spacial score (nSPS) is 17.2. The number of furan rings is 2. The van der Waals surface area contributed by atoms with Crippen molar-refractivity contribution in [1.29, 1.82) is 0 Å². The summed E-state index contributed by atoms with van der Waals surface area (Å²) in [7, 11) is 0. The molecule has 2 heteroatoms. The van der Waals surface area contributed by atoms with E-state index >= 15 is 0 Å². The van der Waals surface area contributed by atoms with Gasteiger partial charge >= 0.3 is 0 Å². The fourth-order valence-corrected chi connectivity index (χ4v) is 5.57. The SMILES string of the molecule is [2H]c1c([2H])c([2H])c2c([2H])c(-c3c4c([2H])c([2H])c([2H])c([2H])c4c(-c4c5ccoc5cc5c4oc4ccccc45)c4c([2H])c([2H])c([2H])c([2H])c34)c([2H])c([2H])c2c1[2H]. The van der Waals surface area contributed by atoms with Crippen LogP contribution in [0.15, 0.2) is 142 Å². The number of hydrogen-bond donors (Lipinski definition) is 0. The predicted molar refractivity (Wildman–Crippen MR) is 167 cm³/mol. The van der Waals surface area contributed by atoms with Crippen molar-refractivity contribution in [3.63, 3.8) is 0 Å². The van der Waals surface area contributed by atoms with Gasteiger partial charge in [0, 0.05) is 27.3 Å². The standard InChI is InChI=1S/C38H22O2/c1-2-10-24-21-25(18-17-23(24)9-1)35-27-12-3-5-14-29(27)36(30-15-6-4-13-28(30)35)37-31-19-20-39-34(31)22-32-26-11-7-8-16-33(26)40-38(32)37/h1-22H/i1D,2D,3D,4D,5D,6D,9D,10D,12D,13D,14D,15D,17D,18D,21D. The lowest BCUT2D eigenvalue weighted by molar-refractivity contribution is 0.616. The topological polar surface area (TPSA) is 26.3 Å². The van der Waals surface area contributed by atoms with E-state index in [1.165, 1.54) is 6.26 Å². The second kappa shape index (κ2) is 8.08. The first-order chi connectivity index (χ1) is 26.1. The van der Waals surface area contributed by atoms with Gasteiger partial charge in [-0.25, -0.2) is 0 Å². The van der Waals surface area contributed by atoms with E-state index in [0.717, 1.165) is 0 Å². The highest BCUT2D eigenvalue weighted by Crippen LogP contribution is 2.49. The van der Waals surface area contributed by atoms with Crippen LogP contribution < -0.4 is 0 Å². The lowest BCUT2D eigenvalue weighted by Crippen LogP contribution is -1.92. The predicted octanol–water partition coefficient (Wildman–Crippen LogP) is 11.1. The zero-order chi connectivity index (χ0) is 39.3. The summed E-state index contributed by atoms with van der Waals surface area (Å²) >= 11 is 0. The summed E-state index contributed by atoms with van der Waals surface area (Å²) < 4.78 is 146. The Kier molecular flexibility index (Phi) is 2.39. The first kappa shape index (κ1) is 11.8. The van der Waals surface area contributed by atoms with Gasteiger partial charge in [0.1, 0.15) is 16.7 Å². The molecule has 0 N–H and O–H groups in total.